The Morgan fingerprint density at radius 1 is 0.903 bits per heavy atom. The first-order valence-electron chi connectivity index (χ1n) is 10.3. The van der Waals surface area contributed by atoms with Crippen LogP contribution in [0.4, 0.5) is 0 Å². The fourth-order valence-electron chi connectivity index (χ4n) is 2.95. The van der Waals surface area contributed by atoms with Gasteiger partial charge in [-0.15, -0.1) is 0 Å². The monoisotopic (exact) mass is 430 g/mol. The summed E-state index contributed by atoms with van der Waals surface area (Å²) < 4.78 is 11.2. The van der Waals surface area contributed by atoms with Gasteiger partial charge in [0.1, 0.15) is 5.75 Å². The SMILES string of the molecule is O=C(O)C(=O)O.c1ccc(-c2ccc(OCCCNCCN3CCOCC3)cc2)cc1. The third-order valence-corrected chi connectivity index (χ3v) is 4.62. The van der Waals surface area contributed by atoms with Crippen molar-refractivity contribution in [2.75, 3.05) is 52.5 Å². The normalized spacial score (nSPS) is 13.7. The number of carboxylic acid groups (broad SMARTS) is 2. The number of morpholine rings is 1. The Bertz CT molecular complexity index is 764. The van der Waals surface area contributed by atoms with Crippen molar-refractivity contribution in [3.8, 4) is 16.9 Å². The molecule has 1 heterocycles. The Hall–Kier alpha value is -2.94. The molecule has 0 atom stereocenters. The van der Waals surface area contributed by atoms with Gasteiger partial charge in [0.2, 0.25) is 0 Å². The molecule has 8 nitrogen and oxygen atoms in total. The van der Waals surface area contributed by atoms with E-state index < -0.39 is 11.9 Å². The summed E-state index contributed by atoms with van der Waals surface area (Å²) in [6, 6.07) is 18.7. The molecule has 2 aromatic rings. The average molecular weight is 431 g/mol. The van der Waals surface area contributed by atoms with E-state index in [1.807, 2.05) is 18.2 Å². The predicted octanol–water partition coefficient (Wildman–Crippen LogP) is 2.20. The molecule has 0 saturated carbocycles. The number of nitrogens with zero attached hydrogens (tertiary/aromatic N) is 1. The molecule has 0 aromatic heterocycles. The lowest BCUT2D eigenvalue weighted by atomic mass is 10.1. The molecule has 8 heteroatoms. The number of nitrogens with one attached hydrogen (secondary N) is 1. The Balaban J connectivity index is 0.000000501. The topological polar surface area (TPSA) is 108 Å². The van der Waals surface area contributed by atoms with E-state index in [1.165, 1.54) is 11.1 Å². The van der Waals surface area contributed by atoms with Crippen LogP contribution in [0.25, 0.3) is 11.1 Å². The van der Waals surface area contributed by atoms with Crippen molar-refractivity contribution >= 4 is 11.9 Å². The predicted molar refractivity (Wildman–Crippen MR) is 117 cm³/mol. The minimum absolute atomic E-state index is 0.745. The number of benzene rings is 2. The van der Waals surface area contributed by atoms with Crippen LogP contribution in [0.5, 0.6) is 5.75 Å². The van der Waals surface area contributed by atoms with Crippen molar-refractivity contribution in [2.24, 2.45) is 0 Å². The molecule has 1 aliphatic rings. The van der Waals surface area contributed by atoms with Crippen LogP contribution >= 0.6 is 0 Å². The van der Waals surface area contributed by atoms with Crippen LogP contribution in [-0.4, -0.2) is 79.6 Å². The lowest BCUT2D eigenvalue weighted by Gasteiger charge is -2.26. The number of carboxylic acids is 2. The van der Waals surface area contributed by atoms with Crippen molar-refractivity contribution in [2.45, 2.75) is 6.42 Å². The molecule has 3 N–H and O–H groups in total. The second-order valence-corrected chi connectivity index (χ2v) is 6.91. The second-order valence-electron chi connectivity index (χ2n) is 6.91. The molecule has 3 rings (SSSR count). The largest absolute Gasteiger partial charge is 0.494 e. The molecule has 1 fully saturated rings. The van der Waals surface area contributed by atoms with Gasteiger partial charge in [-0.25, -0.2) is 9.59 Å². The molecular weight excluding hydrogens is 400 g/mol. The third kappa shape index (κ3) is 10.1. The maximum absolute atomic E-state index is 9.10. The van der Waals surface area contributed by atoms with E-state index >= 15 is 0 Å². The van der Waals surface area contributed by atoms with Gasteiger partial charge in [-0.1, -0.05) is 42.5 Å². The van der Waals surface area contributed by atoms with Crippen LogP contribution < -0.4 is 10.1 Å². The fourth-order valence-corrected chi connectivity index (χ4v) is 2.95. The number of hydrogen-bond donors (Lipinski definition) is 3. The number of rotatable bonds is 9. The van der Waals surface area contributed by atoms with Crippen molar-refractivity contribution < 1.29 is 29.3 Å². The minimum Gasteiger partial charge on any atom is -0.494 e. The summed E-state index contributed by atoms with van der Waals surface area (Å²) in [7, 11) is 0. The summed E-state index contributed by atoms with van der Waals surface area (Å²) in [5.74, 6) is -2.71. The maximum Gasteiger partial charge on any atom is 0.414 e. The van der Waals surface area contributed by atoms with Crippen LogP contribution in [-0.2, 0) is 14.3 Å². The van der Waals surface area contributed by atoms with E-state index in [4.69, 9.17) is 29.3 Å². The summed E-state index contributed by atoms with van der Waals surface area (Å²) in [4.78, 5) is 20.6. The van der Waals surface area contributed by atoms with Crippen LogP contribution in [0.2, 0.25) is 0 Å². The molecule has 1 saturated heterocycles. The van der Waals surface area contributed by atoms with Crippen molar-refractivity contribution in [1.82, 2.24) is 10.2 Å². The van der Waals surface area contributed by atoms with Gasteiger partial charge in [0.15, 0.2) is 0 Å². The molecular formula is C23H30N2O6. The number of ether oxygens (including phenoxy) is 2. The van der Waals surface area contributed by atoms with E-state index in [9.17, 15) is 0 Å². The molecule has 0 unspecified atom stereocenters. The Morgan fingerprint density at radius 3 is 2.13 bits per heavy atom. The molecule has 0 aliphatic carbocycles. The lowest BCUT2D eigenvalue weighted by molar-refractivity contribution is -0.159. The van der Waals surface area contributed by atoms with Gasteiger partial charge in [0.25, 0.3) is 0 Å². The lowest BCUT2D eigenvalue weighted by Crippen LogP contribution is -2.40. The fraction of sp³-hybridized carbons (Fsp3) is 0.391. The van der Waals surface area contributed by atoms with Gasteiger partial charge in [-0.3, -0.25) is 4.90 Å². The standard InChI is InChI=1S/C21H28N2O2.C2H2O4/c1-2-5-19(6-3-1)20-7-9-21(10-8-20)25-16-4-11-22-12-13-23-14-17-24-18-15-23;3-1(4)2(5)6/h1-3,5-10,22H,4,11-18H2;(H,3,4)(H,5,6). The summed E-state index contributed by atoms with van der Waals surface area (Å²) >= 11 is 0. The van der Waals surface area contributed by atoms with E-state index in [2.05, 4.69) is 46.6 Å². The van der Waals surface area contributed by atoms with Crippen molar-refractivity contribution in [3.63, 3.8) is 0 Å². The van der Waals surface area contributed by atoms with Crippen molar-refractivity contribution in [3.05, 3.63) is 54.6 Å². The van der Waals surface area contributed by atoms with Crippen molar-refractivity contribution in [1.29, 1.82) is 0 Å². The molecule has 168 valence electrons. The average Bonchev–Trinajstić information content (AvgIpc) is 2.80. The van der Waals surface area contributed by atoms with E-state index in [-0.39, 0.29) is 0 Å². The summed E-state index contributed by atoms with van der Waals surface area (Å²) in [6.45, 7) is 7.74. The summed E-state index contributed by atoms with van der Waals surface area (Å²) in [5.41, 5.74) is 2.45. The van der Waals surface area contributed by atoms with E-state index in [1.54, 1.807) is 0 Å². The first-order chi connectivity index (χ1) is 15.1. The van der Waals surface area contributed by atoms with Gasteiger partial charge < -0.3 is 25.0 Å². The molecule has 1 aliphatic heterocycles. The van der Waals surface area contributed by atoms with Crippen LogP contribution in [0.3, 0.4) is 0 Å². The van der Waals surface area contributed by atoms with Crippen LogP contribution in [0.1, 0.15) is 6.42 Å². The molecule has 0 radical (unpaired) electrons. The Morgan fingerprint density at radius 2 is 1.52 bits per heavy atom. The van der Waals surface area contributed by atoms with E-state index in [0.717, 1.165) is 64.7 Å². The van der Waals surface area contributed by atoms with Crippen LogP contribution in [0.15, 0.2) is 54.6 Å². The Labute approximate surface area is 182 Å². The summed E-state index contributed by atoms with van der Waals surface area (Å²) in [6.07, 6.45) is 1.02. The molecule has 0 spiro atoms. The zero-order valence-electron chi connectivity index (χ0n) is 17.5. The molecule has 0 amide bonds. The number of hydrogen-bond acceptors (Lipinski definition) is 6. The Kier molecular flexibility index (Phi) is 11.1. The first-order valence-corrected chi connectivity index (χ1v) is 10.3. The smallest absolute Gasteiger partial charge is 0.414 e. The highest BCUT2D eigenvalue weighted by molar-refractivity contribution is 6.27. The van der Waals surface area contributed by atoms with Gasteiger partial charge in [0.05, 0.1) is 19.8 Å². The highest BCUT2D eigenvalue weighted by atomic mass is 16.5. The highest BCUT2D eigenvalue weighted by Gasteiger charge is 2.08. The van der Waals surface area contributed by atoms with E-state index in [0.29, 0.717) is 0 Å². The minimum atomic E-state index is -1.82. The zero-order valence-corrected chi connectivity index (χ0v) is 17.5. The first kappa shape index (κ1) is 24.3. The highest BCUT2D eigenvalue weighted by Crippen LogP contribution is 2.22. The molecule has 2 aromatic carbocycles. The third-order valence-electron chi connectivity index (χ3n) is 4.62. The van der Waals surface area contributed by atoms with Gasteiger partial charge in [0, 0.05) is 26.2 Å². The quantitative estimate of drug-likeness (QED) is 0.410. The number of carbonyl (C=O) groups is 2. The van der Waals surface area contributed by atoms with Crippen LogP contribution in [0, 0.1) is 0 Å². The van der Waals surface area contributed by atoms with Gasteiger partial charge in [-0.05, 0) is 36.2 Å². The van der Waals surface area contributed by atoms with Gasteiger partial charge >= 0.3 is 11.9 Å². The molecule has 31 heavy (non-hydrogen) atoms. The maximum atomic E-state index is 9.10. The molecule has 0 bridgehead atoms. The summed E-state index contributed by atoms with van der Waals surface area (Å²) in [5, 5.41) is 18.3. The zero-order chi connectivity index (χ0) is 22.3. The number of aliphatic carboxylic acids is 2. The van der Waals surface area contributed by atoms with Gasteiger partial charge in [-0.2, -0.15) is 0 Å². The second kappa shape index (κ2) is 14.1.